The van der Waals surface area contributed by atoms with Gasteiger partial charge >= 0.3 is 0 Å². The zero-order valence-electron chi connectivity index (χ0n) is 6.42. The summed E-state index contributed by atoms with van der Waals surface area (Å²) in [5.41, 5.74) is 5.46. The summed E-state index contributed by atoms with van der Waals surface area (Å²) >= 11 is 0. The van der Waals surface area contributed by atoms with Crippen molar-refractivity contribution in [1.82, 2.24) is 4.90 Å². The number of likely N-dealkylation sites (tertiary alicyclic amines) is 1. The second kappa shape index (κ2) is 2.51. The number of nitrogens with zero attached hydrogens (tertiary/aromatic N) is 1. The predicted molar refractivity (Wildman–Crippen MR) is 41.8 cm³/mol. The maximum Gasteiger partial charge on any atom is 0.00966 e. The zero-order chi connectivity index (χ0) is 6.97. The molecule has 1 aliphatic carbocycles. The lowest BCUT2D eigenvalue weighted by atomic mass is 9.96. The first-order valence-electron chi connectivity index (χ1n) is 4.34. The Morgan fingerprint density at radius 2 is 2.00 bits per heavy atom. The van der Waals surface area contributed by atoms with E-state index in [1.54, 1.807) is 0 Å². The summed E-state index contributed by atoms with van der Waals surface area (Å²) in [7, 11) is 0. The molecule has 1 saturated carbocycles. The molecule has 0 bridgehead atoms. The topological polar surface area (TPSA) is 29.3 Å². The second-order valence-corrected chi connectivity index (χ2v) is 3.63. The molecule has 2 heteroatoms. The summed E-state index contributed by atoms with van der Waals surface area (Å²) in [6.07, 6.45) is 4.15. The minimum atomic E-state index is 0.878. The van der Waals surface area contributed by atoms with Crippen LogP contribution in [0.25, 0.3) is 0 Å². The van der Waals surface area contributed by atoms with Crippen LogP contribution in [-0.4, -0.2) is 30.6 Å². The van der Waals surface area contributed by atoms with Crippen molar-refractivity contribution in [3.05, 3.63) is 0 Å². The molecule has 0 aromatic heterocycles. The summed E-state index contributed by atoms with van der Waals surface area (Å²) in [6, 6.07) is 0.981. The normalized spacial score (nSPS) is 28.5. The van der Waals surface area contributed by atoms with Crippen LogP contribution in [0.4, 0.5) is 0 Å². The highest BCUT2D eigenvalue weighted by Crippen LogP contribution is 2.33. The fraction of sp³-hybridized carbons (Fsp3) is 1.00. The van der Waals surface area contributed by atoms with E-state index < -0.39 is 0 Å². The standard InChI is InChI=1S/C8H16N2/c9-4-3-7-5-10(6-7)8-1-2-8/h7-8H,1-6,9H2. The van der Waals surface area contributed by atoms with Crippen LogP contribution in [0, 0.1) is 5.92 Å². The van der Waals surface area contributed by atoms with E-state index in [9.17, 15) is 0 Å². The lowest BCUT2D eigenvalue weighted by molar-refractivity contribution is 0.0875. The Kier molecular flexibility index (Phi) is 1.66. The smallest absolute Gasteiger partial charge is 0.00966 e. The van der Waals surface area contributed by atoms with Crippen molar-refractivity contribution in [2.45, 2.75) is 25.3 Å². The van der Waals surface area contributed by atoms with E-state index in [-0.39, 0.29) is 0 Å². The number of rotatable bonds is 3. The van der Waals surface area contributed by atoms with Crippen LogP contribution in [0.3, 0.4) is 0 Å². The monoisotopic (exact) mass is 140 g/mol. The van der Waals surface area contributed by atoms with Gasteiger partial charge in [0.15, 0.2) is 0 Å². The number of hydrogen-bond acceptors (Lipinski definition) is 2. The Morgan fingerprint density at radius 1 is 1.30 bits per heavy atom. The fourth-order valence-corrected chi connectivity index (χ4v) is 1.77. The van der Waals surface area contributed by atoms with Crippen LogP contribution < -0.4 is 5.73 Å². The van der Waals surface area contributed by atoms with Crippen molar-refractivity contribution in [2.24, 2.45) is 11.7 Å². The molecule has 1 heterocycles. The first-order chi connectivity index (χ1) is 4.90. The highest BCUT2D eigenvalue weighted by atomic mass is 15.2. The minimum absolute atomic E-state index is 0.878. The predicted octanol–water partition coefficient (Wildman–Crippen LogP) is 0.429. The van der Waals surface area contributed by atoms with Gasteiger partial charge < -0.3 is 5.73 Å². The molecular weight excluding hydrogens is 124 g/mol. The molecule has 2 rings (SSSR count). The Hall–Kier alpha value is -0.0800. The van der Waals surface area contributed by atoms with E-state index >= 15 is 0 Å². The molecule has 58 valence electrons. The molecule has 1 aliphatic heterocycles. The maximum atomic E-state index is 5.46. The van der Waals surface area contributed by atoms with Gasteiger partial charge in [0.1, 0.15) is 0 Å². The maximum absolute atomic E-state index is 5.46. The lowest BCUT2D eigenvalue weighted by Gasteiger charge is -2.39. The van der Waals surface area contributed by atoms with Crippen molar-refractivity contribution in [3.8, 4) is 0 Å². The zero-order valence-corrected chi connectivity index (χ0v) is 6.42. The highest BCUT2D eigenvalue weighted by Gasteiger charge is 2.36. The molecular formula is C8H16N2. The Balaban J connectivity index is 1.63. The Morgan fingerprint density at radius 3 is 2.50 bits per heavy atom. The molecule has 2 aliphatic rings. The van der Waals surface area contributed by atoms with Gasteiger partial charge in [0.05, 0.1) is 0 Å². The van der Waals surface area contributed by atoms with E-state index in [1.165, 1.54) is 32.4 Å². The fourth-order valence-electron chi connectivity index (χ4n) is 1.77. The molecule has 0 spiro atoms. The average molecular weight is 140 g/mol. The summed E-state index contributed by atoms with van der Waals surface area (Å²) in [5, 5.41) is 0. The van der Waals surface area contributed by atoms with Gasteiger partial charge in [0.25, 0.3) is 0 Å². The van der Waals surface area contributed by atoms with Crippen LogP contribution in [0.15, 0.2) is 0 Å². The van der Waals surface area contributed by atoms with Gasteiger partial charge in [-0.15, -0.1) is 0 Å². The third-order valence-corrected chi connectivity index (χ3v) is 2.62. The van der Waals surface area contributed by atoms with Crippen molar-refractivity contribution in [2.75, 3.05) is 19.6 Å². The molecule has 0 aromatic carbocycles. The summed E-state index contributed by atoms with van der Waals surface area (Å²) in [4.78, 5) is 2.60. The molecule has 1 saturated heterocycles. The highest BCUT2D eigenvalue weighted by molar-refractivity contribution is 4.92. The average Bonchev–Trinajstić information content (AvgIpc) is 2.59. The van der Waals surface area contributed by atoms with Crippen molar-refractivity contribution < 1.29 is 0 Å². The third kappa shape index (κ3) is 1.18. The minimum Gasteiger partial charge on any atom is -0.330 e. The first kappa shape index (κ1) is 6.62. The largest absolute Gasteiger partial charge is 0.330 e. The van der Waals surface area contributed by atoms with Crippen LogP contribution in [0.2, 0.25) is 0 Å². The molecule has 0 unspecified atom stereocenters. The van der Waals surface area contributed by atoms with Gasteiger partial charge in [-0.05, 0) is 31.7 Å². The molecule has 0 atom stereocenters. The SMILES string of the molecule is NCCC1CN(C2CC2)C1. The van der Waals surface area contributed by atoms with Gasteiger partial charge in [-0.2, -0.15) is 0 Å². The second-order valence-electron chi connectivity index (χ2n) is 3.63. The van der Waals surface area contributed by atoms with Crippen molar-refractivity contribution >= 4 is 0 Å². The molecule has 0 aromatic rings. The molecule has 2 fully saturated rings. The van der Waals surface area contributed by atoms with Crippen LogP contribution in [0.1, 0.15) is 19.3 Å². The van der Waals surface area contributed by atoms with Gasteiger partial charge in [-0.3, -0.25) is 4.90 Å². The Labute approximate surface area is 62.4 Å². The van der Waals surface area contributed by atoms with Gasteiger partial charge in [0, 0.05) is 19.1 Å². The Bertz CT molecular complexity index is 114. The number of nitrogens with two attached hydrogens (primary N) is 1. The van der Waals surface area contributed by atoms with E-state index in [1.807, 2.05) is 0 Å². The van der Waals surface area contributed by atoms with E-state index in [0.29, 0.717) is 0 Å². The molecule has 2 nitrogen and oxygen atoms in total. The summed E-state index contributed by atoms with van der Waals surface area (Å²) < 4.78 is 0. The van der Waals surface area contributed by atoms with Gasteiger partial charge in [0.2, 0.25) is 0 Å². The van der Waals surface area contributed by atoms with Crippen molar-refractivity contribution in [3.63, 3.8) is 0 Å². The van der Waals surface area contributed by atoms with E-state index in [2.05, 4.69) is 4.90 Å². The molecule has 0 amide bonds. The molecule has 2 N–H and O–H groups in total. The van der Waals surface area contributed by atoms with Gasteiger partial charge in [-0.25, -0.2) is 0 Å². The third-order valence-electron chi connectivity index (χ3n) is 2.62. The lowest BCUT2D eigenvalue weighted by Crippen LogP contribution is -2.48. The van der Waals surface area contributed by atoms with Gasteiger partial charge in [-0.1, -0.05) is 0 Å². The summed E-state index contributed by atoms with van der Waals surface area (Å²) in [6.45, 7) is 3.55. The quantitative estimate of drug-likeness (QED) is 0.616. The summed E-state index contributed by atoms with van der Waals surface area (Å²) in [5.74, 6) is 0.936. The van der Waals surface area contributed by atoms with Crippen LogP contribution >= 0.6 is 0 Å². The van der Waals surface area contributed by atoms with Crippen molar-refractivity contribution in [1.29, 1.82) is 0 Å². The van der Waals surface area contributed by atoms with Crippen LogP contribution in [-0.2, 0) is 0 Å². The van der Waals surface area contributed by atoms with Crippen LogP contribution in [0.5, 0.6) is 0 Å². The van der Waals surface area contributed by atoms with E-state index in [0.717, 1.165) is 18.5 Å². The first-order valence-corrected chi connectivity index (χ1v) is 4.34. The molecule has 0 radical (unpaired) electrons. The van der Waals surface area contributed by atoms with E-state index in [4.69, 9.17) is 5.73 Å². The molecule has 10 heavy (non-hydrogen) atoms. The number of hydrogen-bond donors (Lipinski definition) is 1.